The summed E-state index contributed by atoms with van der Waals surface area (Å²) in [6, 6.07) is 0. The third-order valence-electron chi connectivity index (χ3n) is 4.83. The molecule has 120 valence electrons. The minimum atomic E-state index is 0.205. The fourth-order valence-electron chi connectivity index (χ4n) is 3.08. The molecule has 0 aromatic carbocycles. The van der Waals surface area contributed by atoms with Gasteiger partial charge in [-0.25, -0.2) is 0 Å². The Hall–Kier alpha value is -0.830. The van der Waals surface area contributed by atoms with Crippen LogP contribution in [0.3, 0.4) is 0 Å². The molecule has 2 heterocycles. The molecule has 1 aromatic rings. The highest BCUT2D eigenvalue weighted by molar-refractivity contribution is 5.14. The Labute approximate surface area is 130 Å². The van der Waals surface area contributed by atoms with Gasteiger partial charge in [-0.2, -0.15) is 5.10 Å². The highest BCUT2D eigenvalue weighted by Crippen LogP contribution is 2.26. The second-order valence-corrected chi connectivity index (χ2v) is 8.63. The third kappa shape index (κ3) is 4.57. The topological polar surface area (TPSA) is 21.1 Å². The Morgan fingerprint density at radius 3 is 2.19 bits per heavy atom. The van der Waals surface area contributed by atoms with Gasteiger partial charge in [0.25, 0.3) is 0 Å². The number of rotatable bonds is 3. The van der Waals surface area contributed by atoms with Crippen LogP contribution in [0.2, 0.25) is 0 Å². The van der Waals surface area contributed by atoms with E-state index in [1.807, 2.05) is 6.20 Å². The Kier molecular flexibility index (Phi) is 4.82. The van der Waals surface area contributed by atoms with Gasteiger partial charge < -0.3 is 0 Å². The average Bonchev–Trinajstić information content (AvgIpc) is 2.84. The minimum Gasteiger partial charge on any atom is -0.298 e. The molecule has 0 atom stereocenters. The van der Waals surface area contributed by atoms with E-state index in [4.69, 9.17) is 0 Å². The van der Waals surface area contributed by atoms with E-state index >= 15 is 0 Å². The van der Waals surface area contributed by atoms with Crippen LogP contribution in [0, 0.1) is 5.92 Å². The fourth-order valence-corrected chi connectivity index (χ4v) is 3.08. The zero-order valence-electron chi connectivity index (χ0n) is 14.8. The number of hydrogen-bond donors (Lipinski definition) is 0. The summed E-state index contributed by atoms with van der Waals surface area (Å²) < 4.78 is 2.14. The van der Waals surface area contributed by atoms with Crippen molar-refractivity contribution in [2.45, 2.75) is 78.3 Å². The molecule has 0 spiro atoms. The molecule has 1 saturated heterocycles. The predicted octanol–water partition coefficient (Wildman–Crippen LogP) is 4.08. The molecule has 0 unspecified atom stereocenters. The normalized spacial score (nSPS) is 19.1. The Balaban J connectivity index is 1.79. The van der Waals surface area contributed by atoms with Crippen LogP contribution in [0.25, 0.3) is 0 Å². The van der Waals surface area contributed by atoms with Gasteiger partial charge in [0.2, 0.25) is 0 Å². The molecule has 1 aromatic heterocycles. The Morgan fingerprint density at radius 1 is 1.10 bits per heavy atom. The lowest BCUT2D eigenvalue weighted by atomic mass is 9.90. The summed E-state index contributed by atoms with van der Waals surface area (Å²) in [6.45, 7) is 17.3. The van der Waals surface area contributed by atoms with Gasteiger partial charge in [-0.1, -0.05) is 20.8 Å². The van der Waals surface area contributed by atoms with Crippen molar-refractivity contribution in [3.8, 4) is 0 Å². The number of aromatic nitrogens is 2. The fraction of sp³-hybridized carbons (Fsp3) is 0.833. The van der Waals surface area contributed by atoms with Crippen LogP contribution >= 0.6 is 0 Å². The highest BCUT2D eigenvalue weighted by atomic mass is 15.3. The van der Waals surface area contributed by atoms with Gasteiger partial charge in [-0.3, -0.25) is 9.58 Å². The van der Waals surface area contributed by atoms with Crippen molar-refractivity contribution in [2.75, 3.05) is 13.1 Å². The zero-order valence-corrected chi connectivity index (χ0v) is 14.8. The van der Waals surface area contributed by atoms with E-state index in [-0.39, 0.29) is 5.41 Å². The summed E-state index contributed by atoms with van der Waals surface area (Å²) in [7, 11) is 0. The van der Waals surface area contributed by atoms with Gasteiger partial charge in [0, 0.05) is 18.3 Å². The SMILES string of the molecule is CC(C)(C)c1cnn(CCC2CCN(C(C)(C)C)CC2)c1. The van der Waals surface area contributed by atoms with Gasteiger partial charge in [0.05, 0.1) is 6.20 Å². The maximum absolute atomic E-state index is 4.53. The van der Waals surface area contributed by atoms with Crippen molar-refractivity contribution < 1.29 is 0 Å². The molecule has 3 heteroatoms. The lowest BCUT2D eigenvalue weighted by molar-refractivity contribution is 0.0839. The van der Waals surface area contributed by atoms with Crippen LogP contribution in [-0.2, 0) is 12.0 Å². The Morgan fingerprint density at radius 2 is 1.71 bits per heavy atom. The highest BCUT2D eigenvalue weighted by Gasteiger charge is 2.26. The van der Waals surface area contributed by atoms with Gasteiger partial charge in [-0.15, -0.1) is 0 Å². The summed E-state index contributed by atoms with van der Waals surface area (Å²) in [5.41, 5.74) is 1.87. The first kappa shape index (κ1) is 16.5. The van der Waals surface area contributed by atoms with Crippen LogP contribution in [0.5, 0.6) is 0 Å². The number of hydrogen-bond acceptors (Lipinski definition) is 2. The molecule has 2 rings (SSSR count). The number of piperidine rings is 1. The number of aryl methyl sites for hydroxylation is 1. The maximum Gasteiger partial charge on any atom is 0.0527 e. The number of nitrogens with zero attached hydrogens (tertiary/aromatic N) is 3. The minimum absolute atomic E-state index is 0.205. The standard InChI is InChI=1S/C18H33N3/c1-17(2,3)16-13-19-21(14-16)12-9-15-7-10-20(11-8-15)18(4,5)6/h13-15H,7-12H2,1-6H3. The van der Waals surface area contributed by atoms with Crippen LogP contribution in [-0.4, -0.2) is 33.3 Å². The van der Waals surface area contributed by atoms with Gasteiger partial charge in [-0.05, 0) is 70.0 Å². The summed E-state index contributed by atoms with van der Waals surface area (Å²) >= 11 is 0. The summed E-state index contributed by atoms with van der Waals surface area (Å²) in [5, 5.41) is 4.53. The molecule has 1 aliphatic heterocycles. The monoisotopic (exact) mass is 291 g/mol. The molecule has 3 nitrogen and oxygen atoms in total. The maximum atomic E-state index is 4.53. The molecule has 0 amide bonds. The molecule has 0 radical (unpaired) electrons. The van der Waals surface area contributed by atoms with E-state index in [0.717, 1.165) is 12.5 Å². The van der Waals surface area contributed by atoms with Crippen molar-refractivity contribution in [1.82, 2.24) is 14.7 Å². The quantitative estimate of drug-likeness (QED) is 0.836. The first-order valence-electron chi connectivity index (χ1n) is 8.44. The molecular formula is C18H33N3. The zero-order chi connectivity index (χ0) is 15.7. The van der Waals surface area contributed by atoms with Gasteiger partial charge in [0.1, 0.15) is 0 Å². The molecule has 0 N–H and O–H groups in total. The van der Waals surface area contributed by atoms with E-state index in [1.165, 1.54) is 37.9 Å². The van der Waals surface area contributed by atoms with Crippen molar-refractivity contribution in [2.24, 2.45) is 5.92 Å². The Bertz CT molecular complexity index is 440. The molecule has 0 aliphatic carbocycles. The van der Waals surface area contributed by atoms with E-state index < -0.39 is 0 Å². The lowest BCUT2D eigenvalue weighted by Gasteiger charge is -2.41. The third-order valence-corrected chi connectivity index (χ3v) is 4.83. The van der Waals surface area contributed by atoms with Crippen LogP contribution in [0.1, 0.15) is 66.4 Å². The van der Waals surface area contributed by atoms with Gasteiger partial charge >= 0.3 is 0 Å². The van der Waals surface area contributed by atoms with E-state index in [9.17, 15) is 0 Å². The smallest absolute Gasteiger partial charge is 0.0527 e. The summed E-state index contributed by atoms with van der Waals surface area (Å²) in [6.07, 6.45) is 8.20. The van der Waals surface area contributed by atoms with Gasteiger partial charge in [0.15, 0.2) is 0 Å². The van der Waals surface area contributed by atoms with E-state index in [2.05, 4.69) is 62.4 Å². The molecule has 0 saturated carbocycles. The van der Waals surface area contributed by atoms with Crippen molar-refractivity contribution >= 4 is 0 Å². The van der Waals surface area contributed by atoms with Crippen molar-refractivity contribution in [3.63, 3.8) is 0 Å². The number of likely N-dealkylation sites (tertiary alicyclic amines) is 1. The second kappa shape index (κ2) is 6.12. The molecule has 1 fully saturated rings. The first-order valence-corrected chi connectivity index (χ1v) is 8.44. The lowest BCUT2D eigenvalue weighted by Crippen LogP contribution is -2.46. The second-order valence-electron chi connectivity index (χ2n) is 8.63. The molecular weight excluding hydrogens is 258 g/mol. The predicted molar refractivity (Wildman–Crippen MR) is 89.6 cm³/mol. The van der Waals surface area contributed by atoms with Crippen LogP contribution in [0.4, 0.5) is 0 Å². The molecule has 21 heavy (non-hydrogen) atoms. The first-order chi connectivity index (χ1) is 9.66. The largest absolute Gasteiger partial charge is 0.298 e. The molecule has 1 aliphatic rings. The van der Waals surface area contributed by atoms with Crippen LogP contribution < -0.4 is 0 Å². The summed E-state index contributed by atoms with van der Waals surface area (Å²) in [5.74, 6) is 0.867. The van der Waals surface area contributed by atoms with Crippen LogP contribution in [0.15, 0.2) is 12.4 Å². The van der Waals surface area contributed by atoms with Crippen molar-refractivity contribution in [1.29, 1.82) is 0 Å². The van der Waals surface area contributed by atoms with Crippen molar-refractivity contribution in [3.05, 3.63) is 18.0 Å². The molecule has 0 bridgehead atoms. The van der Waals surface area contributed by atoms with E-state index in [0.29, 0.717) is 5.54 Å². The summed E-state index contributed by atoms with van der Waals surface area (Å²) in [4.78, 5) is 2.62. The van der Waals surface area contributed by atoms with E-state index in [1.54, 1.807) is 0 Å². The average molecular weight is 291 g/mol.